The fraction of sp³-hybridized carbons (Fsp3) is 0.143. The molecule has 0 saturated heterocycles. The molecular weight excluding hydrogens is 299 g/mol. The van der Waals surface area contributed by atoms with Crippen LogP contribution in [0.5, 0.6) is 0 Å². The fourth-order valence-corrected chi connectivity index (χ4v) is 5.61. The van der Waals surface area contributed by atoms with Crippen molar-refractivity contribution in [1.29, 1.82) is 0 Å². The Labute approximate surface area is 139 Å². The van der Waals surface area contributed by atoms with Crippen molar-refractivity contribution >= 4 is 18.5 Å². The Hall–Kier alpha value is -1.95. The lowest BCUT2D eigenvalue weighted by Gasteiger charge is -2.28. The highest BCUT2D eigenvalue weighted by Gasteiger charge is 2.25. The molecule has 0 amide bonds. The van der Waals surface area contributed by atoms with Crippen LogP contribution < -0.4 is 10.6 Å². The molecule has 0 bridgehead atoms. The Balaban J connectivity index is 2.09. The fourth-order valence-electron chi connectivity index (χ4n) is 2.84. The van der Waals surface area contributed by atoms with Crippen LogP contribution in [0.4, 0.5) is 0 Å². The molecule has 0 aliphatic carbocycles. The van der Waals surface area contributed by atoms with Gasteiger partial charge in [0, 0.05) is 12.8 Å². The standard InChI is InChI=1S/C21H21OP/c1-22-17-21(18-11-5-2-6-12-18)23(19-13-7-3-8-14-19)20-15-9-4-10-16-20/h2-16,21H,17H2,1H3. The Morgan fingerprint density at radius 2 is 1.13 bits per heavy atom. The molecule has 0 aliphatic rings. The smallest absolute Gasteiger partial charge is 0.0576 e. The largest absolute Gasteiger partial charge is 0.384 e. The summed E-state index contributed by atoms with van der Waals surface area (Å²) >= 11 is 0. The van der Waals surface area contributed by atoms with Gasteiger partial charge in [0.2, 0.25) is 0 Å². The number of rotatable bonds is 6. The van der Waals surface area contributed by atoms with Gasteiger partial charge in [-0.25, -0.2) is 0 Å². The summed E-state index contributed by atoms with van der Waals surface area (Å²) < 4.78 is 5.60. The van der Waals surface area contributed by atoms with E-state index in [1.807, 2.05) is 0 Å². The van der Waals surface area contributed by atoms with Crippen molar-refractivity contribution in [2.24, 2.45) is 0 Å². The van der Waals surface area contributed by atoms with Gasteiger partial charge in [0.1, 0.15) is 0 Å². The maximum atomic E-state index is 5.60. The summed E-state index contributed by atoms with van der Waals surface area (Å²) in [5.74, 6) is 0. The summed E-state index contributed by atoms with van der Waals surface area (Å²) in [5.41, 5.74) is 1.69. The van der Waals surface area contributed by atoms with Gasteiger partial charge in [-0.05, 0) is 24.1 Å². The molecule has 3 aromatic carbocycles. The summed E-state index contributed by atoms with van der Waals surface area (Å²) in [6, 6.07) is 32.4. The highest BCUT2D eigenvalue weighted by atomic mass is 31.1. The van der Waals surface area contributed by atoms with Gasteiger partial charge in [-0.3, -0.25) is 0 Å². The van der Waals surface area contributed by atoms with Crippen LogP contribution in [0.25, 0.3) is 0 Å². The van der Waals surface area contributed by atoms with Crippen LogP contribution in [-0.2, 0) is 4.74 Å². The number of methoxy groups -OCH3 is 1. The Kier molecular flexibility index (Phi) is 5.58. The molecule has 0 aromatic heterocycles. The Morgan fingerprint density at radius 1 is 0.696 bits per heavy atom. The molecule has 1 nitrogen and oxygen atoms in total. The molecule has 2 heteroatoms. The Bertz CT molecular complexity index is 658. The van der Waals surface area contributed by atoms with E-state index in [4.69, 9.17) is 4.74 Å². The van der Waals surface area contributed by atoms with Gasteiger partial charge >= 0.3 is 0 Å². The number of hydrogen-bond acceptors (Lipinski definition) is 1. The van der Waals surface area contributed by atoms with E-state index >= 15 is 0 Å². The first-order chi connectivity index (χ1) is 11.4. The van der Waals surface area contributed by atoms with Crippen molar-refractivity contribution < 1.29 is 4.74 Å². The van der Waals surface area contributed by atoms with Crippen LogP contribution >= 0.6 is 7.92 Å². The molecule has 0 saturated carbocycles. The average molecular weight is 320 g/mol. The van der Waals surface area contributed by atoms with E-state index in [9.17, 15) is 0 Å². The number of hydrogen-bond donors (Lipinski definition) is 0. The van der Waals surface area contributed by atoms with Gasteiger partial charge < -0.3 is 4.74 Å². The van der Waals surface area contributed by atoms with E-state index in [1.165, 1.54) is 16.2 Å². The first kappa shape index (κ1) is 15.9. The van der Waals surface area contributed by atoms with Crippen LogP contribution in [0.1, 0.15) is 11.2 Å². The van der Waals surface area contributed by atoms with Crippen LogP contribution in [0.3, 0.4) is 0 Å². The second-order valence-electron chi connectivity index (χ2n) is 5.42. The topological polar surface area (TPSA) is 9.23 Å². The van der Waals surface area contributed by atoms with E-state index in [0.717, 1.165) is 6.61 Å². The molecule has 0 radical (unpaired) electrons. The zero-order valence-electron chi connectivity index (χ0n) is 13.3. The number of ether oxygens (including phenoxy) is 1. The van der Waals surface area contributed by atoms with Crippen molar-refractivity contribution in [3.05, 3.63) is 96.6 Å². The van der Waals surface area contributed by atoms with Gasteiger partial charge in [-0.2, -0.15) is 0 Å². The van der Waals surface area contributed by atoms with Gasteiger partial charge in [-0.15, -0.1) is 0 Å². The molecule has 0 aliphatic heterocycles. The summed E-state index contributed by atoms with van der Waals surface area (Å²) in [4.78, 5) is 0. The third-order valence-corrected chi connectivity index (χ3v) is 6.67. The first-order valence-corrected chi connectivity index (χ1v) is 9.24. The molecule has 0 heterocycles. The van der Waals surface area contributed by atoms with E-state index in [1.54, 1.807) is 7.11 Å². The first-order valence-electron chi connectivity index (χ1n) is 7.83. The van der Waals surface area contributed by atoms with Gasteiger partial charge in [-0.1, -0.05) is 91.0 Å². The minimum atomic E-state index is -0.521. The second-order valence-corrected chi connectivity index (χ2v) is 7.82. The van der Waals surface area contributed by atoms with Crippen LogP contribution in [0.15, 0.2) is 91.0 Å². The zero-order valence-corrected chi connectivity index (χ0v) is 14.2. The average Bonchev–Trinajstić information content (AvgIpc) is 2.64. The molecule has 23 heavy (non-hydrogen) atoms. The molecule has 0 fully saturated rings. The lowest BCUT2D eigenvalue weighted by atomic mass is 10.1. The third-order valence-electron chi connectivity index (χ3n) is 3.89. The Morgan fingerprint density at radius 3 is 1.57 bits per heavy atom. The van der Waals surface area contributed by atoms with Gasteiger partial charge in [0.15, 0.2) is 0 Å². The monoisotopic (exact) mass is 320 g/mol. The lowest BCUT2D eigenvalue weighted by molar-refractivity contribution is 0.199. The molecule has 1 unspecified atom stereocenters. The lowest BCUT2D eigenvalue weighted by Crippen LogP contribution is -2.19. The summed E-state index contributed by atoms with van der Waals surface area (Å²) in [5, 5.41) is 2.78. The molecule has 0 N–H and O–H groups in total. The predicted octanol–water partition coefficient (Wildman–Crippen LogP) is 4.51. The van der Waals surface area contributed by atoms with Crippen molar-refractivity contribution in [2.75, 3.05) is 13.7 Å². The highest BCUT2D eigenvalue weighted by molar-refractivity contribution is 7.73. The maximum absolute atomic E-state index is 5.60. The normalized spacial score (nSPS) is 12.3. The van der Waals surface area contributed by atoms with Crippen molar-refractivity contribution in [3.8, 4) is 0 Å². The molecule has 1 atom stereocenters. The van der Waals surface area contributed by atoms with Crippen LogP contribution in [-0.4, -0.2) is 13.7 Å². The minimum Gasteiger partial charge on any atom is -0.384 e. The summed E-state index contributed by atoms with van der Waals surface area (Å²) in [7, 11) is 1.27. The quantitative estimate of drug-likeness (QED) is 0.607. The third kappa shape index (κ3) is 3.88. The molecular formula is C21H21OP. The molecule has 0 spiro atoms. The van der Waals surface area contributed by atoms with E-state index in [2.05, 4.69) is 91.0 Å². The van der Waals surface area contributed by atoms with Gasteiger partial charge in [0.25, 0.3) is 0 Å². The van der Waals surface area contributed by atoms with Crippen LogP contribution in [0, 0.1) is 0 Å². The van der Waals surface area contributed by atoms with Crippen LogP contribution in [0.2, 0.25) is 0 Å². The predicted molar refractivity (Wildman–Crippen MR) is 100 cm³/mol. The van der Waals surface area contributed by atoms with Crippen molar-refractivity contribution in [3.63, 3.8) is 0 Å². The SMILES string of the molecule is COCC(c1ccccc1)P(c1ccccc1)c1ccccc1. The van der Waals surface area contributed by atoms with E-state index in [-0.39, 0.29) is 0 Å². The van der Waals surface area contributed by atoms with E-state index in [0.29, 0.717) is 5.66 Å². The van der Waals surface area contributed by atoms with Crippen molar-refractivity contribution in [1.82, 2.24) is 0 Å². The second kappa shape index (κ2) is 8.06. The summed E-state index contributed by atoms with van der Waals surface area (Å²) in [6.07, 6.45) is 0. The van der Waals surface area contributed by atoms with Crippen molar-refractivity contribution in [2.45, 2.75) is 5.66 Å². The summed E-state index contributed by atoms with van der Waals surface area (Å²) in [6.45, 7) is 0.722. The maximum Gasteiger partial charge on any atom is 0.0576 e. The molecule has 116 valence electrons. The van der Waals surface area contributed by atoms with Gasteiger partial charge in [0.05, 0.1) is 6.61 Å². The van der Waals surface area contributed by atoms with E-state index < -0.39 is 7.92 Å². The zero-order chi connectivity index (χ0) is 15.9. The molecule has 3 rings (SSSR count). The molecule has 3 aromatic rings. The highest BCUT2D eigenvalue weighted by Crippen LogP contribution is 2.49. The number of benzene rings is 3. The minimum absolute atomic E-state index is 0.348.